The zero-order valence-corrected chi connectivity index (χ0v) is 15.1. The summed E-state index contributed by atoms with van der Waals surface area (Å²) in [5.74, 6) is -0.278. The van der Waals surface area contributed by atoms with Crippen molar-refractivity contribution >= 4 is 34.6 Å². The quantitative estimate of drug-likeness (QED) is 0.706. The second kappa shape index (κ2) is 6.81. The second-order valence-corrected chi connectivity index (χ2v) is 6.79. The third-order valence-electron chi connectivity index (χ3n) is 4.58. The van der Waals surface area contributed by atoms with E-state index in [2.05, 4.69) is 40.3 Å². The summed E-state index contributed by atoms with van der Waals surface area (Å²) < 4.78 is 0. The van der Waals surface area contributed by atoms with Gasteiger partial charge in [-0.2, -0.15) is 0 Å². The Morgan fingerprint density at radius 2 is 1.92 bits per heavy atom. The van der Waals surface area contributed by atoms with Gasteiger partial charge < -0.3 is 10.2 Å². The Hall–Kier alpha value is -2.85. The monoisotopic (exact) mass is 363 g/mol. The lowest BCUT2D eigenvalue weighted by molar-refractivity contribution is 0.102. The Balaban J connectivity index is 1.63. The highest BCUT2D eigenvalue weighted by Crippen LogP contribution is 2.38. The maximum absolute atomic E-state index is 12.6. The van der Waals surface area contributed by atoms with E-state index in [-0.39, 0.29) is 5.91 Å². The fourth-order valence-electron chi connectivity index (χ4n) is 3.40. The molecule has 3 aromatic rings. The molecule has 1 N–H and O–H groups in total. The number of hydrogen-bond donors (Lipinski definition) is 1. The normalized spacial score (nSPS) is 15.6. The van der Waals surface area contributed by atoms with Crippen molar-refractivity contribution in [2.75, 3.05) is 10.2 Å². The van der Waals surface area contributed by atoms with Crippen LogP contribution < -0.4 is 10.2 Å². The molecule has 0 radical (unpaired) electrons. The van der Waals surface area contributed by atoms with E-state index in [9.17, 15) is 4.79 Å². The van der Waals surface area contributed by atoms with Crippen molar-refractivity contribution in [2.45, 2.75) is 19.4 Å². The van der Waals surface area contributed by atoms with Crippen LogP contribution in [0, 0.1) is 0 Å². The van der Waals surface area contributed by atoms with E-state index in [4.69, 9.17) is 11.6 Å². The molecule has 1 amide bonds. The van der Waals surface area contributed by atoms with Gasteiger partial charge >= 0.3 is 0 Å². The third-order valence-corrected chi connectivity index (χ3v) is 4.91. The molecule has 1 aliphatic rings. The molecule has 4 rings (SSSR count). The maximum Gasteiger partial charge on any atom is 0.274 e. The standard InChI is InChI=1S/C21H18ClN3O/c1-14-12-15-6-2-5-9-20(15)25(14)16-10-11-23-19(13-16)21(26)24-18-8-4-3-7-17(18)22/h2-11,13-14H,12H2,1H3,(H,24,26). The number of anilines is 3. The number of nitrogens with zero attached hydrogens (tertiary/aromatic N) is 2. The molecular formula is C21H18ClN3O. The molecule has 0 saturated carbocycles. The highest BCUT2D eigenvalue weighted by atomic mass is 35.5. The van der Waals surface area contributed by atoms with Crippen LogP contribution in [0.4, 0.5) is 17.1 Å². The van der Waals surface area contributed by atoms with E-state index >= 15 is 0 Å². The smallest absolute Gasteiger partial charge is 0.274 e. The van der Waals surface area contributed by atoms with Gasteiger partial charge in [0.1, 0.15) is 5.69 Å². The van der Waals surface area contributed by atoms with Crippen molar-refractivity contribution in [3.63, 3.8) is 0 Å². The number of nitrogens with one attached hydrogen (secondary N) is 1. The number of benzene rings is 2. The molecule has 0 fully saturated rings. The summed E-state index contributed by atoms with van der Waals surface area (Å²) in [7, 11) is 0. The number of aromatic nitrogens is 1. The fraction of sp³-hybridized carbons (Fsp3) is 0.143. The Morgan fingerprint density at radius 3 is 2.77 bits per heavy atom. The lowest BCUT2D eigenvalue weighted by atomic mass is 10.1. The van der Waals surface area contributed by atoms with E-state index in [1.807, 2.05) is 30.3 Å². The minimum atomic E-state index is -0.278. The molecule has 1 atom stereocenters. The van der Waals surface area contributed by atoms with Gasteiger partial charge in [-0.1, -0.05) is 41.9 Å². The summed E-state index contributed by atoms with van der Waals surface area (Å²) in [4.78, 5) is 19.1. The number of pyridine rings is 1. The van der Waals surface area contributed by atoms with Gasteiger partial charge in [-0.3, -0.25) is 9.78 Å². The van der Waals surface area contributed by atoms with E-state index in [0.717, 1.165) is 12.1 Å². The van der Waals surface area contributed by atoms with Gasteiger partial charge in [-0.15, -0.1) is 0 Å². The van der Waals surface area contributed by atoms with Crippen LogP contribution in [0.15, 0.2) is 66.9 Å². The van der Waals surface area contributed by atoms with Gasteiger partial charge in [-0.05, 0) is 49.2 Å². The zero-order valence-electron chi connectivity index (χ0n) is 14.3. The van der Waals surface area contributed by atoms with E-state index in [1.54, 1.807) is 18.3 Å². The number of halogens is 1. The molecular weight excluding hydrogens is 346 g/mol. The minimum Gasteiger partial charge on any atom is -0.338 e. The molecule has 130 valence electrons. The Kier molecular flexibility index (Phi) is 4.35. The Labute approximate surface area is 157 Å². The average Bonchev–Trinajstić information content (AvgIpc) is 2.99. The van der Waals surface area contributed by atoms with Gasteiger partial charge in [0.15, 0.2) is 0 Å². The van der Waals surface area contributed by atoms with Crippen molar-refractivity contribution in [2.24, 2.45) is 0 Å². The SMILES string of the molecule is CC1Cc2ccccc2N1c1ccnc(C(=O)Nc2ccccc2Cl)c1. The number of carbonyl (C=O) groups is 1. The van der Waals surface area contributed by atoms with Crippen molar-refractivity contribution < 1.29 is 4.79 Å². The van der Waals surface area contributed by atoms with Gasteiger partial charge in [0, 0.05) is 23.6 Å². The molecule has 2 aromatic carbocycles. The predicted molar refractivity (Wildman–Crippen MR) is 105 cm³/mol. The van der Waals surface area contributed by atoms with Crippen LogP contribution >= 0.6 is 11.6 Å². The molecule has 4 nitrogen and oxygen atoms in total. The zero-order chi connectivity index (χ0) is 18.1. The topological polar surface area (TPSA) is 45.2 Å². The molecule has 5 heteroatoms. The predicted octanol–water partition coefficient (Wildman–Crippen LogP) is 5.07. The maximum atomic E-state index is 12.6. The first kappa shape index (κ1) is 16.6. The van der Waals surface area contributed by atoms with Crippen LogP contribution in [0.2, 0.25) is 5.02 Å². The summed E-state index contributed by atoms with van der Waals surface area (Å²) in [6.07, 6.45) is 2.66. The lowest BCUT2D eigenvalue weighted by Crippen LogP contribution is -2.24. The minimum absolute atomic E-state index is 0.278. The third kappa shape index (κ3) is 3.04. The Morgan fingerprint density at radius 1 is 1.15 bits per heavy atom. The van der Waals surface area contributed by atoms with Crippen molar-refractivity contribution in [1.82, 2.24) is 4.98 Å². The number of fused-ring (bicyclic) bond motifs is 1. The van der Waals surface area contributed by atoms with Gasteiger partial charge in [0.2, 0.25) is 0 Å². The van der Waals surface area contributed by atoms with Gasteiger partial charge in [0.05, 0.1) is 10.7 Å². The number of rotatable bonds is 3. The molecule has 1 aromatic heterocycles. The van der Waals surface area contributed by atoms with Crippen molar-refractivity contribution in [3.8, 4) is 0 Å². The van der Waals surface area contributed by atoms with Crippen LogP contribution in [-0.4, -0.2) is 16.9 Å². The first-order chi connectivity index (χ1) is 12.6. The first-order valence-corrected chi connectivity index (χ1v) is 8.90. The summed E-state index contributed by atoms with van der Waals surface area (Å²) in [5, 5.41) is 3.32. The highest BCUT2D eigenvalue weighted by Gasteiger charge is 2.27. The number of carbonyl (C=O) groups excluding carboxylic acids is 1. The number of amides is 1. The summed E-state index contributed by atoms with van der Waals surface area (Å²) >= 11 is 6.12. The number of para-hydroxylation sites is 2. The summed E-state index contributed by atoms with van der Waals surface area (Å²) in [6.45, 7) is 2.18. The van der Waals surface area contributed by atoms with Crippen LogP contribution in [-0.2, 0) is 6.42 Å². The summed E-state index contributed by atoms with van der Waals surface area (Å²) in [5.41, 5.74) is 4.40. The molecule has 2 heterocycles. The lowest BCUT2D eigenvalue weighted by Gasteiger charge is -2.25. The first-order valence-electron chi connectivity index (χ1n) is 8.52. The molecule has 26 heavy (non-hydrogen) atoms. The van der Waals surface area contributed by atoms with Crippen molar-refractivity contribution in [3.05, 3.63) is 83.1 Å². The van der Waals surface area contributed by atoms with E-state index in [0.29, 0.717) is 22.4 Å². The van der Waals surface area contributed by atoms with Crippen LogP contribution in [0.3, 0.4) is 0 Å². The highest BCUT2D eigenvalue weighted by molar-refractivity contribution is 6.33. The molecule has 0 saturated heterocycles. The van der Waals surface area contributed by atoms with Crippen LogP contribution in [0.25, 0.3) is 0 Å². The molecule has 0 aliphatic carbocycles. The van der Waals surface area contributed by atoms with Crippen LogP contribution in [0.1, 0.15) is 23.0 Å². The molecule has 0 spiro atoms. The summed E-state index contributed by atoms with van der Waals surface area (Å²) in [6, 6.07) is 19.6. The van der Waals surface area contributed by atoms with E-state index < -0.39 is 0 Å². The van der Waals surface area contributed by atoms with Gasteiger partial charge in [-0.25, -0.2) is 0 Å². The van der Waals surface area contributed by atoms with E-state index in [1.165, 1.54) is 11.3 Å². The molecule has 1 aliphatic heterocycles. The van der Waals surface area contributed by atoms with Gasteiger partial charge in [0.25, 0.3) is 5.91 Å². The Bertz CT molecular complexity index is 973. The van der Waals surface area contributed by atoms with Crippen LogP contribution in [0.5, 0.6) is 0 Å². The second-order valence-electron chi connectivity index (χ2n) is 6.39. The molecule has 0 bridgehead atoms. The molecule has 1 unspecified atom stereocenters. The largest absolute Gasteiger partial charge is 0.338 e. The average molecular weight is 364 g/mol. The fourth-order valence-corrected chi connectivity index (χ4v) is 3.58. The van der Waals surface area contributed by atoms with Crippen molar-refractivity contribution in [1.29, 1.82) is 0 Å². The number of hydrogen-bond acceptors (Lipinski definition) is 3.